The van der Waals surface area contributed by atoms with E-state index < -0.39 is 6.04 Å². The molecule has 142 valence electrons. The summed E-state index contributed by atoms with van der Waals surface area (Å²) in [5.74, 6) is -0.557. The Hall–Kier alpha value is -3.60. The van der Waals surface area contributed by atoms with Crippen molar-refractivity contribution >= 4 is 17.5 Å². The van der Waals surface area contributed by atoms with E-state index in [1.807, 2.05) is 66.7 Å². The summed E-state index contributed by atoms with van der Waals surface area (Å²) in [4.78, 5) is 25.5. The molecule has 0 heterocycles. The fourth-order valence-corrected chi connectivity index (χ4v) is 2.85. The highest BCUT2D eigenvalue weighted by Gasteiger charge is 2.23. The van der Waals surface area contributed by atoms with Crippen molar-refractivity contribution < 1.29 is 9.59 Å². The Kier molecular flexibility index (Phi) is 6.41. The number of para-hydroxylation sites is 1. The lowest BCUT2D eigenvalue weighted by Gasteiger charge is -2.25. The molecule has 5 nitrogen and oxygen atoms in total. The van der Waals surface area contributed by atoms with E-state index in [1.54, 1.807) is 36.3 Å². The maximum absolute atomic E-state index is 12.9. The van der Waals surface area contributed by atoms with Gasteiger partial charge in [0.1, 0.15) is 6.04 Å². The average Bonchev–Trinajstić information content (AvgIpc) is 2.75. The fourth-order valence-electron chi connectivity index (χ4n) is 2.85. The Morgan fingerprint density at radius 2 is 1.36 bits per heavy atom. The third-order valence-corrected chi connectivity index (χ3v) is 4.36. The van der Waals surface area contributed by atoms with Crippen molar-refractivity contribution in [3.05, 3.63) is 102 Å². The van der Waals surface area contributed by atoms with Crippen molar-refractivity contribution in [1.29, 1.82) is 0 Å². The summed E-state index contributed by atoms with van der Waals surface area (Å²) in [5, 5.41) is 4.51. The molecular weight excluding hydrogens is 350 g/mol. The van der Waals surface area contributed by atoms with Gasteiger partial charge in [0.25, 0.3) is 11.8 Å². The summed E-state index contributed by atoms with van der Waals surface area (Å²) in [6.45, 7) is 0. The van der Waals surface area contributed by atoms with Crippen LogP contribution in [0.2, 0.25) is 0 Å². The summed E-state index contributed by atoms with van der Waals surface area (Å²) in [6.07, 6.45) is 0.397. The van der Waals surface area contributed by atoms with Crippen LogP contribution in [0.15, 0.2) is 91.0 Å². The molecule has 2 amide bonds. The zero-order valence-electron chi connectivity index (χ0n) is 15.7. The van der Waals surface area contributed by atoms with E-state index in [2.05, 4.69) is 10.7 Å². The van der Waals surface area contributed by atoms with Crippen LogP contribution in [0.4, 0.5) is 5.69 Å². The SMILES string of the molecule is CN(NC(=O)[C@@H](Cc1ccccc1)NC(=O)c1ccccc1)c1ccccc1. The van der Waals surface area contributed by atoms with Gasteiger partial charge in [-0.05, 0) is 29.8 Å². The third-order valence-electron chi connectivity index (χ3n) is 4.36. The number of benzene rings is 3. The Morgan fingerprint density at radius 1 is 0.821 bits per heavy atom. The van der Waals surface area contributed by atoms with Crippen molar-refractivity contribution in [3.63, 3.8) is 0 Å². The molecular formula is C23H23N3O2. The fraction of sp³-hybridized carbons (Fsp3) is 0.130. The van der Waals surface area contributed by atoms with Crippen LogP contribution in [0.25, 0.3) is 0 Å². The Balaban J connectivity index is 1.75. The molecule has 0 aliphatic rings. The number of carbonyl (C=O) groups is 2. The Morgan fingerprint density at radius 3 is 1.96 bits per heavy atom. The first-order valence-corrected chi connectivity index (χ1v) is 9.12. The number of hydrogen-bond donors (Lipinski definition) is 2. The van der Waals surface area contributed by atoms with Crippen LogP contribution in [-0.4, -0.2) is 24.9 Å². The molecule has 0 radical (unpaired) electrons. The summed E-state index contributed by atoms with van der Waals surface area (Å²) < 4.78 is 0. The number of amides is 2. The van der Waals surface area contributed by atoms with E-state index in [0.29, 0.717) is 12.0 Å². The smallest absolute Gasteiger partial charge is 0.261 e. The van der Waals surface area contributed by atoms with Crippen LogP contribution in [0.3, 0.4) is 0 Å². The van der Waals surface area contributed by atoms with Gasteiger partial charge in [0.15, 0.2) is 0 Å². The van der Waals surface area contributed by atoms with Crippen molar-refractivity contribution in [2.75, 3.05) is 12.1 Å². The van der Waals surface area contributed by atoms with Crippen LogP contribution >= 0.6 is 0 Å². The molecule has 0 unspecified atom stereocenters. The number of nitrogens with zero attached hydrogens (tertiary/aromatic N) is 1. The van der Waals surface area contributed by atoms with E-state index >= 15 is 0 Å². The van der Waals surface area contributed by atoms with Gasteiger partial charge in [-0.2, -0.15) is 0 Å². The largest absolute Gasteiger partial charge is 0.340 e. The first-order chi connectivity index (χ1) is 13.6. The lowest BCUT2D eigenvalue weighted by Crippen LogP contribution is -2.52. The highest BCUT2D eigenvalue weighted by atomic mass is 16.2. The van der Waals surface area contributed by atoms with Crippen LogP contribution in [0, 0.1) is 0 Å². The van der Waals surface area contributed by atoms with E-state index in [9.17, 15) is 9.59 Å². The number of rotatable bonds is 7. The molecule has 2 N–H and O–H groups in total. The van der Waals surface area contributed by atoms with Crippen LogP contribution in [0.1, 0.15) is 15.9 Å². The van der Waals surface area contributed by atoms with Crippen LogP contribution in [-0.2, 0) is 11.2 Å². The second-order valence-corrected chi connectivity index (χ2v) is 6.45. The molecule has 3 aromatic rings. The van der Waals surface area contributed by atoms with E-state index in [0.717, 1.165) is 11.3 Å². The molecule has 3 aromatic carbocycles. The minimum atomic E-state index is -0.707. The van der Waals surface area contributed by atoms with Gasteiger partial charge in [-0.3, -0.25) is 20.0 Å². The van der Waals surface area contributed by atoms with E-state index in [4.69, 9.17) is 0 Å². The molecule has 0 saturated heterocycles. The predicted octanol–water partition coefficient (Wildman–Crippen LogP) is 3.20. The van der Waals surface area contributed by atoms with Gasteiger partial charge < -0.3 is 5.32 Å². The van der Waals surface area contributed by atoms with Gasteiger partial charge in [0.2, 0.25) is 0 Å². The molecule has 1 atom stereocenters. The van der Waals surface area contributed by atoms with Gasteiger partial charge >= 0.3 is 0 Å². The summed E-state index contributed by atoms with van der Waals surface area (Å²) in [7, 11) is 1.77. The lowest BCUT2D eigenvalue weighted by atomic mass is 10.0. The van der Waals surface area contributed by atoms with E-state index in [1.165, 1.54) is 0 Å². The highest BCUT2D eigenvalue weighted by Crippen LogP contribution is 2.10. The number of hydrogen-bond acceptors (Lipinski definition) is 3. The van der Waals surface area contributed by atoms with E-state index in [-0.39, 0.29) is 11.8 Å². The topological polar surface area (TPSA) is 61.4 Å². The van der Waals surface area contributed by atoms with Crippen LogP contribution < -0.4 is 15.8 Å². The maximum Gasteiger partial charge on any atom is 0.261 e. The van der Waals surface area contributed by atoms with Crippen LogP contribution in [0.5, 0.6) is 0 Å². The molecule has 0 aliphatic heterocycles. The highest BCUT2D eigenvalue weighted by molar-refractivity contribution is 5.97. The quantitative estimate of drug-likeness (QED) is 0.625. The predicted molar refractivity (Wildman–Crippen MR) is 111 cm³/mol. The molecule has 28 heavy (non-hydrogen) atoms. The molecule has 0 aromatic heterocycles. The summed E-state index contributed by atoms with van der Waals surface area (Å²) >= 11 is 0. The van der Waals surface area contributed by atoms with Gasteiger partial charge in [0, 0.05) is 19.0 Å². The van der Waals surface area contributed by atoms with Crippen molar-refractivity contribution in [3.8, 4) is 0 Å². The summed E-state index contributed by atoms with van der Waals surface area (Å²) in [6, 6.07) is 27.3. The molecule has 0 fully saturated rings. The molecule has 0 bridgehead atoms. The third kappa shape index (κ3) is 5.20. The normalized spacial score (nSPS) is 11.3. The number of nitrogens with one attached hydrogen (secondary N) is 2. The Labute approximate surface area is 165 Å². The first kappa shape index (κ1) is 19.2. The summed E-state index contributed by atoms with van der Waals surface area (Å²) in [5.41, 5.74) is 5.19. The Bertz CT molecular complexity index is 899. The van der Waals surface area contributed by atoms with Gasteiger partial charge in [0.05, 0.1) is 5.69 Å². The van der Waals surface area contributed by atoms with Gasteiger partial charge in [-0.15, -0.1) is 0 Å². The molecule has 3 rings (SSSR count). The number of anilines is 1. The second-order valence-electron chi connectivity index (χ2n) is 6.45. The minimum Gasteiger partial charge on any atom is -0.340 e. The van der Waals surface area contributed by atoms with Gasteiger partial charge in [-0.1, -0.05) is 66.7 Å². The van der Waals surface area contributed by atoms with Crippen molar-refractivity contribution in [1.82, 2.24) is 10.7 Å². The first-order valence-electron chi connectivity index (χ1n) is 9.12. The number of hydrazine groups is 1. The maximum atomic E-state index is 12.9. The molecule has 0 aliphatic carbocycles. The van der Waals surface area contributed by atoms with Gasteiger partial charge in [-0.25, -0.2) is 0 Å². The van der Waals surface area contributed by atoms with Crippen molar-refractivity contribution in [2.24, 2.45) is 0 Å². The molecule has 5 heteroatoms. The molecule has 0 saturated carbocycles. The minimum absolute atomic E-state index is 0.278. The zero-order valence-corrected chi connectivity index (χ0v) is 15.7. The molecule has 0 spiro atoms. The average molecular weight is 373 g/mol. The zero-order chi connectivity index (χ0) is 19.8. The second kappa shape index (κ2) is 9.37. The number of carbonyl (C=O) groups excluding carboxylic acids is 2. The lowest BCUT2D eigenvalue weighted by molar-refractivity contribution is -0.123. The standard InChI is InChI=1S/C23H23N3O2/c1-26(20-15-9-4-10-16-20)25-23(28)21(17-18-11-5-2-6-12-18)24-22(27)19-13-7-3-8-14-19/h2-16,21H,17H2,1H3,(H,24,27)(H,25,28)/t21-/m1/s1. The van der Waals surface area contributed by atoms with Crippen molar-refractivity contribution in [2.45, 2.75) is 12.5 Å². The monoisotopic (exact) mass is 373 g/mol.